The predicted octanol–water partition coefficient (Wildman–Crippen LogP) is 4.50. The molecule has 1 aliphatic rings. The Balaban J connectivity index is 1.85. The molecule has 1 aromatic carbocycles. The summed E-state index contributed by atoms with van der Waals surface area (Å²) in [7, 11) is 0. The molecule has 1 aromatic rings. The maximum atomic E-state index is 13.0. The SMILES string of the molecule is Cc1ccc(CNC2CCN(C(=O)OC(C)(C)C)CC2)cc1C(F)(F)F. The second-order valence-electron chi connectivity index (χ2n) is 7.77. The van der Waals surface area contributed by atoms with Crippen molar-refractivity contribution >= 4 is 6.09 Å². The van der Waals surface area contributed by atoms with Gasteiger partial charge in [0.15, 0.2) is 0 Å². The Morgan fingerprint density at radius 2 is 1.85 bits per heavy atom. The van der Waals surface area contributed by atoms with E-state index in [0.29, 0.717) is 25.2 Å². The van der Waals surface area contributed by atoms with Crippen molar-refractivity contribution in [3.8, 4) is 0 Å². The summed E-state index contributed by atoms with van der Waals surface area (Å²) in [6.45, 7) is 8.48. The first-order chi connectivity index (χ1) is 12.0. The van der Waals surface area contributed by atoms with Crippen LogP contribution in [0.1, 0.15) is 50.3 Å². The van der Waals surface area contributed by atoms with E-state index < -0.39 is 17.3 Å². The van der Waals surface area contributed by atoms with Crippen LogP contribution in [0.5, 0.6) is 0 Å². The molecule has 1 N–H and O–H groups in total. The molecule has 0 aromatic heterocycles. The van der Waals surface area contributed by atoms with Gasteiger partial charge in [-0.15, -0.1) is 0 Å². The molecule has 1 saturated heterocycles. The minimum absolute atomic E-state index is 0.171. The van der Waals surface area contributed by atoms with E-state index in [0.717, 1.165) is 12.8 Å². The summed E-state index contributed by atoms with van der Waals surface area (Å²) in [4.78, 5) is 13.7. The zero-order valence-corrected chi connectivity index (χ0v) is 15.7. The van der Waals surface area contributed by atoms with Gasteiger partial charge in [-0.25, -0.2) is 4.79 Å². The number of hydrogen-bond acceptors (Lipinski definition) is 3. The summed E-state index contributed by atoms with van der Waals surface area (Å²) in [5, 5.41) is 3.30. The molecule has 146 valence electrons. The molecule has 0 bridgehead atoms. The summed E-state index contributed by atoms with van der Waals surface area (Å²) in [6, 6.07) is 4.60. The highest BCUT2D eigenvalue weighted by Crippen LogP contribution is 2.32. The molecule has 2 rings (SSSR count). The molecule has 1 fully saturated rings. The number of halogens is 3. The van der Waals surface area contributed by atoms with Gasteiger partial charge in [0.05, 0.1) is 5.56 Å². The number of nitrogens with zero attached hydrogens (tertiary/aromatic N) is 1. The summed E-state index contributed by atoms with van der Waals surface area (Å²) in [5.41, 5.74) is -0.269. The lowest BCUT2D eigenvalue weighted by atomic mass is 10.0. The molecular weight excluding hydrogens is 345 g/mol. The van der Waals surface area contributed by atoms with Gasteiger partial charge < -0.3 is 15.0 Å². The van der Waals surface area contributed by atoms with Gasteiger partial charge >= 0.3 is 12.3 Å². The molecule has 1 heterocycles. The molecule has 0 saturated carbocycles. The van der Waals surface area contributed by atoms with Crippen LogP contribution in [-0.4, -0.2) is 35.7 Å². The molecule has 0 radical (unpaired) electrons. The summed E-state index contributed by atoms with van der Waals surface area (Å²) < 4.78 is 44.3. The lowest BCUT2D eigenvalue weighted by Crippen LogP contribution is -2.46. The van der Waals surface area contributed by atoms with Gasteiger partial charge in [0.2, 0.25) is 0 Å². The van der Waals surface area contributed by atoms with E-state index in [9.17, 15) is 18.0 Å². The highest BCUT2D eigenvalue weighted by atomic mass is 19.4. The Hall–Kier alpha value is -1.76. The Morgan fingerprint density at radius 3 is 2.38 bits per heavy atom. The van der Waals surface area contributed by atoms with Crippen molar-refractivity contribution in [3.05, 3.63) is 34.9 Å². The molecule has 0 aliphatic carbocycles. The van der Waals surface area contributed by atoms with E-state index in [1.54, 1.807) is 11.0 Å². The highest BCUT2D eigenvalue weighted by Gasteiger charge is 2.32. The second-order valence-corrected chi connectivity index (χ2v) is 7.77. The Bertz CT molecular complexity index is 631. The van der Waals surface area contributed by atoms with Gasteiger partial charge in [0.25, 0.3) is 0 Å². The van der Waals surface area contributed by atoms with Gasteiger partial charge in [-0.2, -0.15) is 13.2 Å². The van der Waals surface area contributed by atoms with E-state index in [-0.39, 0.29) is 17.7 Å². The third-order valence-corrected chi connectivity index (χ3v) is 4.35. The van der Waals surface area contributed by atoms with Gasteiger partial charge in [-0.05, 0) is 57.7 Å². The second kappa shape index (κ2) is 7.86. The molecule has 4 nitrogen and oxygen atoms in total. The van der Waals surface area contributed by atoms with Crippen LogP contribution >= 0.6 is 0 Å². The predicted molar refractivity (Wildman–Crippen MR) is 93.8 cm³/mol. The van der Waals surface area contributed by atoms with Gasteiger partial charge in [0.1, 0.15) is 5.60 Å². The Morgan fingerprint density at radius 1 is 1.23 bits per heavy atom. The standard InChI is InChI=1S/C19H27F3N2O2/c1-13-5-6-14(11-16(13)19(20,21)22)12-23-15-7-9-24(10-8-15)17(25)26-18(2,3)4/h5-6,11,15,23H,7-10,12H2,1-4H3. The van der Waals surface area contributed by atoms with Crippen molar-refractivity contribution in [3.63, 3.8) is 0 Å². The van der Waals surface area contributed by atoms with Crippen molar-refractivity contribution < 1.29 is 22.7 Å². The molecule has 7 heteroatoms. The number of aryl methyl sites for hydroxylation is 1. The topological polar surface area (TPSA) is 41.6 Å². The zero-order chi connectivity index (χ0) is 19.5. The minimum atomic E-state index is -4.33. The number of ether oxygens (including phenoxy) is 1. The number of hydrogen-bond donors (Lipinski definition) is 1. The number of rotatable bonds is 3. The Labute approximate surface area is 152 Å². The fourth-order valence-corrected chi connectivity index (χ4v) is 2.94. The van der Waals surface area contributed by atoms with E-state index in [1.807, 2.05) is 20.8 Å². The number of likely N-dealkylation sites (tertiary alicyclic amines) is 1. The number of amides is 1. The number of carbonyl (C=O) groups excluding carboxylic acids is 1. The summed E-state index contributed by atoms with van der Waals surface area (Å²) in [6.07, 6.45) is -3.16. The van der Waals surface area contributed by atoms with Gasteiger partial charge in [0, 0.05) is 25.7 Å². The van der Waals surface area contributed by atoms with Crippen LogP contribution in [0.25, 0.3) is 0 Å². The Kier molecular flexibility index (Phi) is 6.21. The van der Waals surface area contributed by atoms with Crippen molar-refractivity contribution in [2.75, 3.05) is 13.1 Å². The van der Waals surface area contributed by atoms with Crippen LogP contribution in [0.3, 0.4) is 0 Å². The van der Waals surface area contributed by atoms with Gasteiger partial charge in [-0.1, -0.05) is 12.1 Å². The maximum absolute atomic E-state index is 13.0. The van der Waals surface area contributed by atoms with Crippen LogP contribution in [0, 0.1) is 6.92 Å². The molecule has 0 atom stereocenters. The highest BCUT2D eigenvalue weighted by molar-refractivity contribution is 5.68. The van der Waals surface area contributed by atoms with E-state index >= 15 is 0 Å². The van der Waals surface area contributed by atoms with Crippen LogP contribution in [0.2, 0.25) is 0 Å². The van der Waals surface area contributed by atoms with Crippen molar-refractivity contribution in [1.82, 2.24) is 10.2 Å². The molecule has 26 heavy (non-hydrogen) atoms. The monoisotopic (exact) mass is 372 g/mol. The van der Waals surface area contributed by atoms with Crippen LogP contribution in [-0.2, 0) is 17.5 Å². The fraction of sp³-hybridized carbons (Fsp3) is 0.632. The summed E-state index contributed by atoms with van der Waals surface area (Å²) >= 11 is 0. The average Bonchev–Trinajstić information content (AvgIpc) is 2.52. The lowest BCUT2D eigenvalue weighted by Gasteiger charge is -2.33. The zero-order valence-electron chi connectivity index (χ0n) is 15.7. The molecule has 1 aliphatic heterocycles. The van der Waals surface area contributed by atoms with E-state index in [4.69, 9.17) is 4.74 Å². The fourth-order valence-electron chi connectivity index (χ4n) is 2.94. The number of alkyl halides is 3. The largest absolute Gasteiger partial charge is 0.444 e. The first-order valence-electron chi connectivity index (χ1n) is 8.84. The van der Waals surface area contributed by atoms with Crippen molar-refractivity contribution in [1.29, 1.82) is 0 Å². The van der Waals surface area contributed by atoms with Crippen LogP contribution < -0.4 is 5.32 Å². The number of carbonyl (C=O) groups is 1. The first kappa shape index (κ1) is 20.6. The first-order valence-corrected chi connectivity index (χ1v) is 8.84. The van der Waals surface area contributed by atoms with E-state index in [2.05, 4.69) is 5.32 Å². The van der Waals surface area contributed by atoms with Crippen LogP contribution in [0.4, 0.5) is 18.0 Å². The van der Waals surface area contributed by atoms with Crippen LogP contribution in [0.15, 0.2) is 18.2 Å². The third kappa shape index (κ3) is 5.90. The van der Waals surface area contributed by atoms with Crippen molar-refractivity contribution in [2.45, 2.75) is 64.9 Å². The van der Waals surface area contributed by atoms with Gasteiger partial charge in [-0.3, -0.25) is 0 Å². The summed E-state index contributed by atoms with van der Waals surface area (Å²) in [5.74, 6) is 0. The molecular formula is C19H27F3N2O2. The van der Waals surface area contributed by atoms with Crippen molar-refractivity contribution in [2.24, 2.45) is 0 Å². The number of benzene rings is 1. The average molecular weight is 372 g/mol. The molecule has 1 amide bonds. The number of piperidine rings is 1. The minimum Gasteiger partial charge on any atom is -0.444 e. The normalized spacial score (nSPS) is 16.7. The smallest absolute Gasteiger partial charge is 0.416 e. The van der Waals surface area contributed by atoms with E-state index in [1.165, 1.54) is 19.1 Å². The molecule has 0 spiro atoms. The maximum Gasteiger partial charge on any atom is 0.416 e. The quantitative estimate of drug-likeness (QED) is 0.849. The number of nitrogens with one attached hydrogen (secondary N) is 1. The molecule has 0 unspecified atom stereocenters. The third-order valence-electron chi connectivity index (χ3n) is 4.35. The lowest BCUT2D eigenvalue weighted by molar-refractivity contribution is -0.138.